The Balaban J connectivity index is 1.35. The van der Waals surface area contributed by atoms with Gasteiger partial charge in [-0.2, -0.15) is 0 Å². The van der Waals surface area contributed by atoms with E-state index in [1.54, 1.807) is 38.7 Å². The van der Waals surface area contributed by atoms with Crippen LogP contribution < -0.4 is 14.2 Å². The first-order valence-corrected chi connectivity index (χ1v) is 12.1. The Bertz CT molecular complexity index is 1110. The summed E-state index contributed by atoms with van der Waals surface area (Å²) in [4.78, 5) is 6.19. The van der Waals surface area contributed by atoms with Crippen molar-refractivity contribution in [2.75, 3.05) is 46.6 Å². The zero-order valence-electron chi connectivity index (χ0n) is 20.9. The third-order valence-electron chi connectivity index (χ3n) is 6.09. The molecule has 3 aromatic rings. The Hall–Kier alpha value is -3.14. The van der Waals surface area contributed by atoms with E-state index >= 15 is 0 Å². The molecule has 0 radical (unpaired) electrons. The van der Waals surface area contributed by atoms with E-state index in [0.29, 0.717) is 55.7 Å². The maximum Gasteiger partial charge on any atom is 0.161 e. The van der Waals surface area contributed by atoms with Gasteiger partial charge < -0.3 is 28.6 Å². The highest BCUT2D eigenvalue weighted by Crippen LogP contribution is 2.29. The number of nitrogens with zero attached hydrogens (tertiary/aromatic N) is 3. The second-order valence-corrected chi connectivity index (χ2v) is 9.17. The molecular formula is C27H34FN3O5. The molecule has 1 aliphatic rings. The van der Waals surface area contributed by atoms with Crippen molar-refractivity contribution in [3.05, 3.63) is 72.1 Å². The topological polar surface area (TPSA) is 78.2 Å². The van der Waals surface area contributed by atoms with Gasteiger partial charge in [-0.3, -0.25) is 4.90 Å². The highest BCUT2D eigenvalue weighted by molar-refractivity contribution is 5.43. The first-order chi connectivity index (χ1) is 17.4. The number of aryl methyl sites for hydroxylation is 2. The first kappa shape index (κ1) is 25.9. The van der Waals surface area contributed by atoms with E-state index in [4.69, 9.17) is 18.9 Å². The lowest BCUT2D eigenvalue weighted by molar-refractivity contribution is -0.0646. The minimum atomic E-state index is -1.20. The van der Waals surface area contributed by atoms with Crippen molar-refractivity contribution in [3.63, 3.8) is 0 Å². The highest BCUT2D eigenvalue weighted by Gasteiger charge is 2.33. The molecule has 0 bridgehead atoms. The lowest BCUT2D eigenvalue weighted by Gasteiger charge is -2.30. The van der Waals surface area contributed by atoms with Crippen LogP contribution in [0.4, 0.5) is 4.39 Å². The van der Waals surface area contributed by atoms with Crippen molar-refractivity contribution in [2.45, 2.75) is 32.0 Å². The Morgan fingerprint density at radius 1 is 1.17 bits per heavy atom. The Morgan fingerprint density at radius 2 is 2.06 bits per heavy atom. The number of hydrogen-bond acceptors (Lipinski definition) is 7. The molecule has 8 nitrogen and oxygen atoms in total. The van der Waals surface area contributed by atoms with Gasteiger partial charge in [0.05, 0.1) is 33.3 Å². The lowest BCUT2D eigenvalue weighted by atomic mass is 10.1. The zero-order valence-corrected chi connectivity index (χ0v) is 20.9. The number of benzene rings is 2. The first-order valence-electron chi connectivity index (χ1n) is 12.1. The molecule has 1 aliphatic heterocycles. The third kappa shape index (κ3) is 7.19. The summed E-state index contributed by atoms with van der Waals surface area (Å²) in [5.41, 5.74) is 0.343. The standard InChI is InChI=1S/C27H34FN3O5/c1-21-14-23(5-6-24(21)28)36-19-27(32)17-31(11-13-34-18-27)16-22-4-7-25(33-2)26(15-22)35-12-3-9-30-10-8-29-20-30/h4-8,10,14-15,20,32H,3,9,11-13,16-19H2,1-2H3. The molecule has 2 heterocycles. The summed E-state index contributed by atoms with van der Waals surface area (Å²) < 4.78 is 38.6. The van der Waals surface area contributed by atoms with Crippen molar-refractivity contribution in [3.8, 4) is 17.2 Å². The maximum absolute atomic E-state index is 13.6. The molecule has 1 unspecified atom stereocenters. The monoisotopic (exact) mass is 499 g/mol. The van der Waals surface area contributed by atoms with Crippen LogP contribution in [0.15, 0.2) is 55.1 Å². The molecule has 1 atom stereocenters. The van der Waals surface area contributed by atoms with E-state index in [1.807, 2.05) is 29.0 Å². The van der Waals surface area contributed by atoms with Crippen LogP contribution in [0.25, 0.3) is 0 Å². The number of hydrogen-bond donors (Lipinski definition) is 1. The third-order valence-corrected chi connectivity index (χ3v) is 6.09. The molecule has 194 valence electrons. The van der Waals surface area contributed by atoms with Gasteiger partial charge in [-0.1, -0.05) is 6.07 Å². The molecule has 1 fully saturated rings. The van der Waals surface area contributed by atoms with Crippen LogP contribution >= 0.6 is 0 Å². The van der Waals surface area contributed by atoms with Gasteiger partial charge in [0.15, 0.2) is 11.5 Å². The Labute approximate surface area is 211 Å². The van der Waals surface area contributed by atoms with Crippen LogP contribution in [0.1, 0.15) is 17.5 Å². The molecule has 9 heteroatoms. The zero-order chi connectivity index (χ0) is 25.4. The van der Waals surface area contributed by atoms with E-state index in [0.717, 1.165) is 18.5 Å². The van der Waals surface area contributed by atoms with Crippen LogP contribution in [0.5, 0.6) is 17.2 Å². The SMILES string of the molecule is COc1ccc(CN2CCOCC(O)(COc3ccc(F)c(C)c3)C2)cc1OCCCn1ccnc1. The van der Waals surface area contributed by atoms with Gasteiger partial charge in [-0.15, -0.1) is 0 Å². The van der Waals surface area contributed by atoms with Gasteiger partial charge in [-0.25, -0.2) is 9.37 Å². The second kappa shape index (κ2) is 12.2. The van der Waals surface area contributed by atoms with Gasteiger partial charge in [0.1, 0.15) is 23.8 Å². The van der Waals surface area contributed by atoms with Crippen LogP contribution in [0.2, 0.25) is 0 Å². The average Bonchev–Trinajstić information content (AvgIpc) is 3.32. The van der Waals surface area contributed by atoms with Gasteiger partial charge in [0, 0.05) is 38.6 Å². The fraction of sp³-hybridized carbons (Fsp3) is 0.444. The molecule has 0 aliphatic carbocycles. The summed E-state index contributed by atoms with van der Waals surface area (Å²) in [7, 11) is 1.63. The highest BCUT2D eigenvalue weighted by atomic mass is 19.1. The summed E-state index contributed by atoms with van der Waals surface area (Å²) in [6.45, 7) is 5.43. The molecule has 4 rings (SSSR count). The minimum absolute atomic E-state index is 0.0441. The molecule has 0 spiro atoms. The van der Waals surface area contributed by atoms with Crippen LogP contribution in [0.3, 0.4) is 0 Å². The molecule has 2 aromatic carbocycles. The largest absolute Gasteiger partial charge is 0.493 e. The van der Waals surface area contributed by atoms with Crippen molar-refractivity contribution < 1.29 is 28.4 Å². The number of rotatable bonds is 11. The van der Waals surface area contributed by atoms with E-state index in [9.17, 15) is 9.50 Å². The average molecular weight is 500 g/mol. The van der Waals surface area contributed by atoms with Crippen molar-refractivity contribution >= 4 is 0 Å². The van der Waals surface area contributed by atoms with Gasteiger partial charge in [0.25, 0.3) is 0 Å². The number of imidazole rings is 1. The number of β-amino-alcohol motifs (C(OH)–C–C–N with tert-alkyl or cyclic N) is 1. The number of aliphatic hydroxyl groups is 1. The van der Waals surface area contributed by atoms with Crippen molar-refractivity contribution in [1.29, 1.82) is 0 Å². The molecule has 0 amide bonds. The smallest absolute Gasteiger partial charge is 0.161 e. The van der Waals surface area contributed by atoms with Crippen molar-refractivity contribution in [1.82, 2.24) is 14.5 Å². The number of halogens is 1. The maximum atomic E-state index is 13.6. The van der Waals surface area contributed by atoms with E-state index in [1.165, 1.54) is 6.07 Å². The molecule has 1 N–H and O–H groups in total. The lowest BCUT2D eigenvalue weighted by Crippen LogP contribution is -2.48. The number of ether oxygens (including phenoxy) is 4. The van der Waals surface area contributed by atoms with E-state index < -0.39 is 5.60 Å². The Morgan fingerprint density at radius 3 is 2.83 bits per heavy atom. The fourth-order valence-corrected chi connectivity index (χ4v) is 4.18. The summed E-state index contributed by atoms with van der Waals surface area (Å²) in [6.07, 6.45) is 6.32. The predicted octanol–water partition coefficient (Wildman–Crippen LogP) is 3.45. The van der Waals surface area contributed by atoms with Gasteiger partial charge in [0.2, 0.25) is 0 Å². The summed E-state index contributed by atoms with van der Waals surface area (Å²) >= 11 is 0. The van der Waals surface area contributed by atoms with Crippen LogP contribution in [-0.2, 0) is 17.8 Å². The fourth-order valence-electron chi connectivity index (χ4n) is 4.18. The Kier molecular flexibility index (Phi) is 8.79. The normalized spacial score (nSPS) is 18.6. The number of methoxy groups -OCH3 is 1. The van der Waals surface area contributed by atoms with E-state index in [2.05, 4.69) is 9.88 Å². The summed E-state index contributed by atoms with van der Waals surface area (Å²) in [5.74, 6) is 1.60. The van der Waals surface area contributed by atoms with Crippen LogP contribution in [0, 0.1) is 12.7 Å². The molecule has 1 aromatic heterocycles. The summed E-state index contributed by atoms with van der Waals surface area (Å²) in [6, 6.07) is 10.4. The quantitative estimate of drug-likeness (QED) is 0.405. The summed E-state index contributed by atoms with van der Waals surface area (Å²) in [5, 5.41) is 11.2. The van der Waals surface area contributed by atoms with Gasteiger partial charge >= 0.3 is 0 Å². The predicted molar refractivity (Wildman–Crippen MR) is 133 cm³/mol. The minimum Gasteiger partial charge on any atom is -0.493 e. The number of aromatic nitrogens is 2. The van der Waals surface area contributed by atoms with Gasteiger partial charge in [-0.05, 0) is 54.8 Å². The molecule has 36 heavy (non-hydrogen) atoms. The molecular weight excluding hydrogens is 465 g/mol. The molecule has 0 saturated carbocycles. The van der Waals surface area contributed by atoms with E-state index in [-0.39, 0.29) is 19.0 Å². The van der Waals surface area contributed by atoms with Crippen molar-refractivity contribution in [2.24, 2.45) is 0 Å². The molecule has 1 saturated heterocycles. The van der Waals surface area contributed by atoms with Crippen LogP contribution in [-0.4, -0.2) is 71.8 Å². The second-order valence-electron chi connectivity index (χ2n) is 9.17.